The van der Waals surface area contributed by atoms with Crippen molar-refractivity contribution in [2.24, 2.45) is 0 Å². The second kappa shape index (κ2) is 11.3. The van der Waals surface area contributed by atoms with Crippen molar-refractivity contribution in [3.63, 3.8) is 0 Å². The zero-order valence-electron chi connectivity index (χ0n) is 18.2. The first-order valence-corrected chi connectivity index (χ1v) is 11.1. The van der Waals surface area contributed by atoms with E-state index in [0.717, 1.165) is 10.0 Å². The summed E-state index contributed by atoms with van der Waals surface area (Å²) in [5.74, 6) is -0.390. The molecule has 3 amide bonds. The highest BCUT2D eigenvalue weighted by molar-refractivity contribution is 9.10. The van der Waals surface area contributed by atoms with E-state index >= 15 is 0 Å². The molecule has 170 valence electrons. The second-order valence-corrected chi connectivity index (χ2v) is 8.44. The molecule has 33 heavy (non-hydrogen) atoms. The van der Waals surface area contributed by atoms with E-state index in [1.165, 1.54) is 0 Å². The molecule has 0 aliphatic rings. The van der Waals surface area contributed by atoms with Crippen molar-refractivity contribution in [2.45, 2.75) is 19.8 Å². The highest BCUT2D eigenvalue weighted by Crippen LogP contribution is 2.29. The lowest BCUT2D eigenvalue weighted by molar-refractivity contribution is -0.123. The maximum atomic E-state index is 12.3. The van der Waals surface area contributed by atoms with Crippen LogP contribution in [0.2, 0.25) is 0 Å². The van der Waals surface area contributed by atoms with E-state index < -0.39 is 11.8 Å². The summed E-state index contributed by atoms with van der Waals surface area (Å²) < 4.78 is 6.55. The second-order valence-electron chi connectivity index (χ2n) is 7.53. The zero-order chi connectivity index (χ0) is 23.8. The third-order valence-electron chi connectivity index (χ3n) is 4.71. The predicted octanol–water partition coefficient (Wildman–Crippen LogP) is 4.66. The van der Waals surface area contributed by atoms with Gasteiger partial charge in [0.05, 0.1) is 0 Å². The summed E-state index contributed by atoms with van der Waals surface area (Å²) in [6.07, 6.45) is 0. The highest BCUT2D eigenvalue weighted by atomic mass is 79.9. The van der Waals surface area contributed by atoms with Crippen molar-refractivity contribution in [3.8, 4) is 5.75 Å². The number of hydrazine groups is 1. The van der Waals surface area contributed by atoms with Crippen LogP contribution in [0.3, 0.4) is 0 Å². The Morgan fingerprint density at radius 2 is 1.52 bits per heavy atom. The maximum absolute atomic E-state index is 12.3. The van der Waals surface area contributed by atoms with Crippen LogP contribution >= 0.6 is 15.9 Å². The Balaban J connectivity index is 1.48. The molecule has 0 heterocycles. The van der Waals surface area contributed by atoms with E-state index in [4.69, 9.17) is 4.74 Å². The first-order valence-electron chi connectivity index (χ1n) is 10.3. The van der Waals surface area contributed by atoms with Crippen molar-refractivity contribution < 1.29 is 19.1 Å². The molecule has 7 nitrogen and oxygen atoms in total. The summed E-state index contributed by atoms with van der Waals surface area (Å²) in [4.78, 5) is 36.6. The van der Waals surface area contributed by atoms with Gasteiger partial charge < -0.3 is 10.1 Å². The Morgan fingerprint density at radius 1 is 0.848 bits per heavy atom. The van der Waals surface area contributed by atoms with Gasteiger partial charge in [0, 0.05) is 21.3 Å². The topological polar surface area (TPSA) is 96.5 Å². The van der Waals surface area contributed by atoms with Crippen LogP contribution in [0, 0.1) is 0 Å². The van der Waals surface area contributed by atoms with Gasteiger partial charge in [-0.15, -0.1) is 0 Å². The molecule has 0 aliphatic carbocycles. The summed E-state index contributed by atoms with van der Waals surface area (Å²) in [5, 5.41) is 2.76. The Kier molecular flexibility index (Phi) is 8.21. The van der Waals surface area contributed by atoms with Gasteiger partial charge in [-0.05, 0) is 66.1 Å². The van der Waals surface area contributed by atoms with Crippen molar-refractivity contribution in [1.29, 1.82) is 0 Å². The fourth-order valence-electron chi connectivity index (χ4n) is 2.98. The predicted molar refractivity (Wildman–Crippen MR) is 130 cm³/mol. The Bertz CT molecular complexity index is 1130. The fourth-order valence-corrected chi connectivity index (χ4v) is 3.36. The molecule has 0 atom stereocenters. The van der Waals surface area contributed by atoms with Crippen LogP contribution in [-0.2, 0) is 4.79 Å². The fraction of sp³-hybridized carbons (Fsp3) is 0.160. The van der Waals surface area contributed by atoms with Gasteiger partial charge in [-0.2, -0.15) is 0 Å². The average Bonchev–Trinajstić information content (AvgIpc) is 2.82. The lowest BCUT2D eigenvalue weighted by Gasteiger charge is -2.14. The lowest BCUT2D eigenvalue weighted by Crippen LogP contribution is -2.43. The molecule has 0 aromatic heterocycles. The normalized spacial score (nSPS) is 10.4. The molecule has 0 fully saturated rings. The highest BCUT2D eigenvalue weighted by Gasteiger charge is 2.12. The minimum absolute atomic E-state index is 0.223. The van der Waals surface area contributed by atoms with Gasteiger partial charge in [-0.1, -0.05) is 48.0 Å². The molecule has 3 N–H and O–H groups in total. The molecule has 0 radical (unpaired) electrons. The SMILES string of the molecule is CC(C)c1cc(Br)ccc1OCC(=O)NNC(=O)c1ccc(NC(=O)c2ccccc2)cc1. The van der Waals surface area contributed by atoms with E-state index in [1.54, 1.807) is 54.6 Å². The van der Waals surface area contributed by atoms with Crippen LogP contribution in [0.4, 0.5) is 5.69 Å². The van der Waals surface area contributed by atoms with Gasteiger partial charge >= 0.3 is 0 Å². The van der Waals surface area contributed by atoms with Gasteiger partial charge in [0.2, 0.25) is 0 Å². The molecule has 3 aromatic carbocycles. The molecular weight excluding hydrogens is 486 g/mol. The van der Waals surface area contributed by atoms with E-state index in [9.17, 15) is 14.4 Å². The Morgan fingerprint density at radius 3 is 2.18 bits per heavy atom. The van der Waals surface area contributed by atoms with E-state index in [-0.39, 0.29) is 18.4 Å². The van der Waals surface area contributed by atoms with Gasteiger partial charge in [-0.3, -0.25) is 25.2 Å². The van der Waals surface area contributed by atoms with Crippen LogP contribution in [0.5, 0.6) is 5.75 Å². The maximum Gasteiger partial charge on any atom is 0.276 e. The zero-order valence-corrected chi connectivity index (χ0v) is 19.8. The minimum Gasteiger partial charge on any atom is -0.483 e. The molecule has 8 heteroatoms. The Labute approximate surface area is 200 Å². The molecule has 0 unspecified atom stereocenters. The average molecular weight is 510 g/mol. The number of rotatable bonds is 7. The number of hydrogen-bond donors (Lipinski definition) is 3. The summed E-state index contributed by atoms with van der Waals surface area (Å²) in [6, 6.07) is 20.7. The van der Waals surface area contributed by atoms with Crippen LogP contribution < -0.4 is 20.9 Å². The van der Waals surface area contributed by atoms with Crippen molar-refractivity contribution in [3.05, 3.63) is 94.0 Å². The van der Waals surface area contributed by atoms with Crippen LogP contribution in [-0.4, -0.2) is 24.3 Å². The number of ether oxygens (including phenoxy) is 1. The van der Waals surface area contributed by atoms with Crippen molar-refractivity contribution >= 4 is 39.3 Å². The van der Waals surface area contributed by atoms with E-state index in [2.05, 4.69) is 32.1 Å². The molecule has 0 saturated carbocycles. The van der Waals surface area contributed by atoms with Crippen molar-refractivity contribution in [1.82, 2.24) is 10.9 Å². The Hall–Kier alpha value is -3.65. The molecule has 0 saturated heterocycles. The first kappa shape index (κ1) is 24.0. The summed E-state index contributed by atoms with van der Waals surface area (Å²) >= 11 is 3.43. The van der Waals surface area contributed by atoms with Crippen LogP contribution in [0.1, 0.15) is 46.0 Å². The standard InChI is InChI=1S/C25H24BrN3O4/c1-16(2)21-14-19(26)10-13-22(21)33-15-23(30)28-29-25(32)18-8-11-20(12-9-18)27-24(31)17-6-4-3-5-7-17/h3-14,16H,15H2,1-2H3,(H,27,31)(H,28,30)(H,29,32). The molecule has 3 rings (SSSR count). The smallest absolute Gasteiger partial charge is 0.276 e. The van der Waals surface area contributed by atoms with E-state index in [1.807, 2.05) is 32.0 Å². The summed E-state index contributed by atoms with van der Waals surface area (Å²) in [6.45, 7) is 3.83. The van der Waals surface area contributed by atoms with Gasteiger partial charge in [-0.25, -0.2) is 0 Å². The number of anilines is 1. The largest absolute Gasteiger partial charge is 0.483 e. The number of carbonyl (C=O) groups is 3. The number of carbonyl (C=O) groups excluding carboxylic acids is 3. The third kappa shape index (κ3) is 6.92. The van der Waals surface area contributed by atoms with Crippen molar-refractivity contribution in [2.75, 3.05) is 11.9 Å². The molecule has 0 spiro atoms. The number of benzene rings is 3. The molecular formula is C25H24BrN3O4. The van der Waals surface area contributed by atoms with E-state index in [0.29, 0.717) is 22.6 Å². The lowest BCUT2D eigenvalue weighted by atomic mass is 10.0. The number of halogens is 1. The number of amides is 3. The first-order chi connectivity index (χ1) is 15.8. The number of nitrogens with one attached hydrogen (secondary N) is 3. The molecule has 0 aliphatic heterocycles. The number of hydrogen-bond acceptors (Lipinski definition) is 4. The molecule has 3 aromatic rings. The van der Waals surface area contributed by atoms with Gasteiger partial charge in [0.25, 0.3) is 17.7 Å². The van der Waals surface area contributed by atoms with Crippen LogP contribution in [0.25, 0.3) is 0 Å². The monoisotopic (exact) mass is 509 g/mol. The van der Waals surface area contributed by atoms with Gasteiger partial charge in [0.1, 0.15) is 5.75 Å². The summed E-state index contributed by atoms with van der Waals surface area (Å²) in [5.41, 5.74) is 7.07. The summed E-state index contributed by atoms with van der Waals surface area (Å²) in [7, 11) is 0. The van der Waals surface area contributed by atoms with Gasteiger partial charge in [0.15, 0.2) is 6.61 Å². The quantitative estimate of drug-likeness (QED) is 0.403. The third-order valence-corrected chi connectivity index (χ3v) is 5.20. The minimum atomic E-state index is -0.493. The molecule has 0 bridgehead atoms. The van der Waals surface area contributed by atoms with Crippen LogP contribution in [0.15, 0.2) is 77.3 Å².